The molecule has 0 aliphatic rings. The average Bonchev–Trinajstić information content (AvgIpc) is 2.40. The Kier molecular flexibility index (Phi) is 3.89. The van der Waals surface area contributed by atoms with Gasteiger partial charge in [0.1, 0.15) is 11.3 Å². The molecule has 0 fully saturated rings. The van der Waals surface area contributed by atoms with Crippen LogP contribution in [0, 0.1) is 24.0 Å². The molecule has 0 saturated heterocycles. The van der Waals surface area contributed by atoms with Crippen LogP contribution in [0.5, 0.6) is 11.5 Å². The van der Waals surface area contributed by atoms with Crippen LogP contribution in [0.25, 0.3) is 0 Å². The summed E-state index contributed by atoms with van der Waals surface area (Å²) in [6, 6.07) is 9.29. The molecule has 0 heterocycles. The number of carboxylic acids is 1. The number of nitro benzene ring substituents is 1. The van der Waals surface area contributed by atoms with E-state index in [1.54, 1.807) is 32.0 Å². The van der Waals surface area contributed by atoms with Gasteiger partial charge in [-0.1, -0.05) is 23.8 Å². The first-order valence-electron chi connectivity index (χ1n) is 6.16. The van der Waals surface area contributed by atoms with Crippen LogP contribution in [0.2, 0.25) is 0 Å². The number of carbonyl (C=O) groups is 1. The zero-order valence-corrected chi connectivity index (χ0v) is 11.5. The van der Waals surface area contributed by atoms with Crippen LogP contribution in [0.15, 0.2) is 36.4 Å². The number of aryl methyl sites for hydroxylation is 2. The van der Waals surface area contributed by atoms with Crippen LogP contribution >= 0.6 is 0 Å². The lowest BCUT2D eigenvalue weighted by molar-refractivity contribution is -0.386. The molecule has 0 amide bonds. The maximum Gasteiger partial charge on any atom is 0.339 e. The van der Waals surface area contributed by atoms with Crippen LogP contribution in [0.3, 0.4) is 0 Å². The summed E-state index contributed by atoms with van der Waals surface area (Å²) in [5, 5.41) is 20.3. The summed E-state index contributed by atoms with van der Waals surface area (Å²) in [7, 11) is 0. The van der Waals surface area contributed by atoms with Crippen molar-refractivity contribution in [1.29, 1.82) is 0 Å². The summed E-state index contributed by atoms with van der Waals surface area (Å²) in [6.07, 6.45) is 0. The second-order valence-corrected chi connectivity index (χ2v) is 4.59. The van der Waals surface area contributed by atoms with Gasteiger partial charge in [-0.2, -0.15) is 0 Å². The molecule has 0 saturated carbocycles. The SMILES string of the molecule is Cc1ccc(Oc2cccc(C)c2[N+](=O)[O-])c(C(=O)O)c1. The number of rotatable bonds is 4. The Morgan fingerprint density at radius 3 is 2.52 bits per heavy atom. The van der Waals surface area contributed by atoms with Gasteiger partial charge in [-0.3, -0.25) is 10.1 Å². The van der Waals surface area contributed by atoms with E-state index in [1.807, 2.05) is 0 Å². The Balaban J connectivity index is 2.51. The van der Waals surface area contributed by atoms with Crippen molar-refractivity contribution >= 4 is 11.7 Å². The van der Waals surface area contributed by atoms with Gasteiger partial charge in [0, 0.05) is 5.56 Å². The van der Waals surface area contributed by atoms with Gasteiger partial charge in [-0.15, -0.1) is 0 Å². The van der Waals surface area contributed by atoms with Crippen molar-refractivity contribution in [1.82, 2.24) is 0 Å². The average molecular weight is 287 g/mol. The Labute approximate surface area is 120 Å². The topological polar surface area (TPSA) is 89.7 Å². The molecule has 6 nitrogen and oxygen atoms in total. The first kappa shape index (κ1) is 14.5. The summed E-state index contributed by atoms with van der Waals surface area (Å²) >= 11 is 0. The maximum absolute atomic E-state index is 11.2. The number of aromatic carboxylic acids is 1. The van der Waals surface area contributed by atoms with Crippen molar-refractivity contribution in [2.75, 3.05) is 0 Å². The van der Waals surface area contributed by atoms with E-state index in [2.05, 4.69) is 0 Å². The zero-order valence-electron chi connectivity index (χ0n) is 11.5. The van der Waals surface area contributed by atoms with Gasteiger partial charge in [0.15, 0.2) is 0 Å². The molecule has 0 atom stereocenters. The highest BCUT2D eigenvalue weighted by atomic mass is 16.6. The van der Waals surface area contributed by atoms with Crippen molar-refractivity contribution in [3.63, 3.8) is 0 Å². The van der Waals surface area contributed by atoms with Crippen molar-refractivity contribution in [3.8, 4) is 11.5 Å². The molecule has 0 aromatic heterocycles. The Morgan fingerprint density at radius 2 is 1.90 bits per heavy atom. The number of nitrogens with zero attached hydrogens (tertiary/aromatic N) is 1. The van der Waals surface area contributed by atoms with E-state index in [9.17, 15) is 20.0 Å². The van der Waals surface area contributed by atoms with Crippen LogP contribution in [0.4, 0.5) is 5.69 Å². The van der Waals surface area contributed by atoms with Crippen molar-refractivity contribution in [2.45, 2.75) is 13.8 Å². The van der Waals surface area contributed by atoms with Crippen LogP contribution in [-0.4, -0.2) is 16.0 Å². The number of para-hydroxylation sites is 1. The van der Waals surface area contributed by atoms with Gasteiger partial charge in [0.25, 0.3) is 0 Å². The highest BCUT2D eigenvalue weighted by molar-refractivity contribution is 5.91. The minimum absolute atomic E-state index is 0.0198. The Hall–Kier alpha value is -2.89. The van der Waals surface area contributed by atoms with Gasteiger partial charge in [0.2, 0.25) is 5.75 Å². The number of carboxylic acid groups (broad SMARTS) is 1. The molecule has 21 heavy (non-hydrogen) atoms. The molecule has 6 heteroatoms. The Bertz CT molecular complexity index is 724. The van der Waals surface area contributed by atoms with Gasteiger partial charge in [-0.25, -0.2) is 4.79 Å². The summed E-state index contributed by atoms with van der Waals surface area (Å²) in [5.41, 5.74) is 1.00. The van der Waals surface area contributed by atoms with E-state index in [-0.39, 0.29) is 22.7 Å². The van der Waals surface area contributed by atoms with E-state index in [0.29, 0.717) is 5.56 Å². The molecule has 0 aliphatic heterocycles. The van der Waals surface area contributed by atoms with Crippen molar-refractivity contribution in [3.05, 3.63) is 63.2 Å². The quantitative estimate of drug-likeness (QED) is 0.684. The molecule has 2 rings (SSSR count). The van der Waals surface area contributed by atoms with Gasteiger partial charge < -0.3 is 9.84 Å². The Morgan fingerprint density at radius 1 is 1.19 bits per heavy atom. The van der Waals surface area contributed by atoms with Gasteiger partial charge in [0.05, 0.1) is 4.92 Å². The van der Waals surface area contributed by atoms with E-state index < -0.39 is 10.9 Å². The minimum Gasteiger partial charge on any atom is -0.478 e. The summed E-state index contributed by atoms with van der Waals surface area (Å²) in [4.78, 5) is 21.8. The molecular formula is C15H13NO5. The van der Waals surface area contributed by atoms with E-state index in [4.69, 9.17) is 4.74 Å². The van der Waals surface area contributed by atoms with Crippen LogP contribution < -0.4 is 4.74 Å². The lowest BCUT2D eigenvalue weighted by atomic mass is 10.1. The number of ether oxygens (including phenoxy) is 1. The lowest BCUT2D eigenvalue weighted by Gasteiger charge is -2.10. The van der Waals surface area contributed by atoms with E-state index in [1.165, 1.54) is 18.2 Å². The molecule has 0 bridgehead atoms. The van der Waals surface area contributed by atoms with Crippen LogP contribution in [-0.2, 0) is 0 Å². The third kappa shape index (κ3) is 3.00. The molecule has 2 aromatic carbocycles. The molecule has 0 spiro atoms. The largest absolute Gasteiger partial charge is 0.478 e. The maximum atomic E-state index is 11.2. The molecular weight excluding hydrogens is 274 g/mol. The van der Waals surface area contributed by atoms with E-state index >= 15 is 0 Å². The second kappa shape index (κ2) is 5.62. The number of hydrogen-bond acceptors (Lipinski definition) is 4. The molecule has 0 aliphatic carbocycles. The standard InChI is InChI=1S/C15H13NO5/c1-9-6-7-12(11(8-9)15(17)18)21-13-5-3-4-10(2)14(13)16(19)20/h3-8H,1-2H3,(H,17,18). The molecule has 2 aromatic rings. The fraction of sp³-hybridized carbons (Fsp3) is 0.133. The van der Waals surface area contributed by atoms with Gasteiger partial charge >= 0.3 is 11.7 Å². The molecule has 108 valence electrons. The number of hydrogen-bond donors (Lipinski definition) is 1. The van der Waals surface area contributed by atoms with Crippen molar-refractivity contribution < 1.29 is 19.6 Å². The minimum atomic E-state index is -1.15. The predicted octanol–water partition coefficient (Wildman–Crippen LogP) is 3.70. The first-order valence-corrected chi connectivity index (χ1v) is 6.16. The fourth-order valence-corrected chi connectivity index (χ4v) is 1.97. The lowest BCUT2D eigenvalue weighted by Crippen LogP contribution is -2.02. The fourth-order valence-electron chi connectivity index (χ4n) is 1.97. The van der Waals surface area contributed by atoms with E-state index in [0.717, 1.165) is 5.56 Å². The van der Waals surface area contributed by atoms with Crippen LogP contribution in [0.1, 0.15) is 21.5 Å². The smallest absolute Gasteiger partial charge is 0.339 e. The third-order valence-electron chi connectivity index (χ3n) is 2.97. The number of nitro groups is 1. The molecule has 1 N–H and O–H groups in total. The van der Waals surface area contributed by atoms with Crippen molar-refractivity contribution in [2.24, 2.45) is 0 Å². The summed E-state index contributed by atoms with van der Waals surface area (Å²) < 4.78 is 5.48. The summed E-state index contributed by atoms with van der Waals surface area (Å²) in [5.74, 6) is -1.06. The summed E-state index contributed by atoms with van der Waals surface area (Å²) in [6.45, 7) is 3.35. The molecule has 0 radical (unpaired) electrons. The number of benzene rings is 2. The highest BCUT2D eigenvalue weighted by Crippen LogP contribution is 2.35. The first-order chi connectivity index (χ1) is 9.90. The monoisotopic (exact) mass is 287 g/mol. The predicted molar refractivity (Wildman–Crippen MR) is 76.0 cm³/mol. The normalized spacial score (nSPS) is 10.2. The third-order valence-corrected chi connectivity index (χ3v) is 2.97. The second-order valence-electron chi connectivity index (χ2n) is 4.59. The molecule has 0 unspecified atom stereocenters. The highest BCUT2D eigenvalue weighted by Gasteiger charge is 2.21. The van der Waals surface area contributed by atoms with Gasteiger partial charge in [-0.05, 0) is 32.0 Å². The zero-order chi connectivity index (χ0) is 15.6.